The van der Waals surface area contributed by atoms with Crippen LogP contribution in [0.5, 0.6) is 0 Å². The maximum Gasteiger partial charge on any atom is 0.238 e. The van der Waals surface area contributed by atoms with Crippen molar-refractivity contribution in [3.63, 3.8) is 0 Å². The van der Waals surface area contributed by atoms with Crippen LogP contribution in [0.15, 0.2) is 24.3 Å². The van der Waals surface area contributed by atoms with Gasteiger partial charge in [-0.2, -0.15) is 4.31 Å². The number of rotatable bonds is 3. The van der Waals surface area contributed by atoms with Gasteiger partial charge in [-0.1, -0.05) is 30.7 Å². The van der Waals surface area contributed by atoms with Crippen molar-refractivity contribution in [1.29, 1.82) is 0 Å². The van der Waals surface area contributed by atoms with E-state index >= 15 is 0 Å². The summed E-state index contributed by atoms with van der Waals surface area (Å²) in [7, 11) is -3.34. The van der Waals surface area contributed by atoms with E-state index in [4.69, 9.17) is 0 Å². The number of carbonyl (C=O) groups excluding carboxylic acids is 1. The van der Waals surface area contributed by atoms with Gasteiger partial charge < -0.3 is 5.32 Å². The van der Waals surface area contributed by atoms with Crippen molar-refractivity contribution in [3.05, 3.63) is 35.4 Å². The first-order chi connectivity index (χ1) is 10.5. The second-order valence-electron chi connectivity index (χ2n) is 6.18. The second-order valence-corrected chi connectivity index (χ2v) is 8.12. The normalized spacial score (nSPS) is 25.7. The number of nitrogens with zero attached hydrogens (tertiary/aromatic N) is 1. The van der Waals surface area contributed by atoms with Crippen LogP contribution in [0.2, 0.25) is 0 Å². The zero-order valence-electron chi connectivity index (χ0n) is 12.8. The molecule has 0 bridgehead atoms. The summed E-state index contributed by atoms with van der Waals surface area (Å²) in [6.07, 6.45) is 5.35. The lowest BCUT2D eigenvalue weighted by atomic mass is 10.0. The lowest BCUT2D eigenvalue weighted by Crippen LogP contribution is -2.51. The third-order valence-electron chi connectivity index (χ3n) is 4.63. The summed E-state index contributed by atoms with van der Waals surface area (Å²) in [6, 6.07) is 7.57. The monoisotopic (exact) mass is 322 g/mol. The number of aryl methyl sites for hydroxylation is 1. The standard InChI is InChI=1S/C16H22N2O3S/c1-22(20,21)18-11-5-4-8-15(18)16(19)17-14-10-9-12-6-2-3-7-13(12)14/h2-3,6-7,14-15H,4-5,8-11H2,1H3,(H,17,19). The smallest absolute Gasteiger partial charge is 0.238 e. The molecule has 1 aromatic rings. The summed E-state index contributed by atoms with van der Waals surface area (Å²) in [5.41, 5.74) is 2.44. The van der Waals surface area contributed by atoms with Crippen LogP contribution in [0.4, 0.5) is 0 Å². The van der Waals surface area contributed by atoms with Gasteiger partial charge in [0.05, 0.1) is 12.3 Å². The molecule has 3 rings (SSSR count). The third kappa shape index (κ3) is 3.03. The van der Waals surface area contributed by atoms with Crippen molar-refractivity contribution in [2.24, 2.45) is 0 Å². The Morgan fingerprint density at radius 1 is 1.23 bits per heavy atom. The molecule has 5 nitrogen and oxygen atoms in total. The van der Waals surface area contributed by atoms with E-state index < -0.39 is 16.1 Å². The molecule has 2 aliphatic rings. The van der Waals surface area contributed by atoms with E-state index in [9.17, 15) is 13.2 Å². The van der Waals surface area contributed by atoms with Gasteiger partial charge >= 0.3 is 0 Å². The molecule has 2 atom stereocenters. The molecule has 1 heterocycles. The van der Waals surface area contributed by atoms with E-state index in [2.05, 4.69) is 11.4 Å². The van der Waals surface area contributed by atoms with Gasteiger partial charge in [-0.3, -0.25) is 4.79 Å². The maximum absolute atomic E-state index is 12.6. The Bertz CT molecular complexity index is 672. The highest BCUT2D eigenvalue weighted by Crippen LogP contribution is 2.31. The van der Waals surface area contributed by atoms with Gasteiger partial charge in [0.15, 0.2) is 0 Å². The molecule has 0 aromatic heterocycles. The minimum atomic E-state index is -3.34. The number of amides is 1. The molecule has 1 aliphatic heterocycles. The van der Waals surface area contributed by atoms with Crippen LogP contribution in [-0.2, 0) is 21.2 Å². The lowest BCUT2D eigenvalue weighted by molar-refractivity contribution is -0.126. The predicted molar refractivity (Wildman–Crippen MR) is 84.8 cm³/mol. The maximum atomic E-state index is 12.6. The van der Waals surface area contributed by atoms with E-state index in [1.807, 2.05) is 18.2 Å². The first-order valence-electron chi connectivity index (χ1n) is 7.82. The minimum absolute atomic E-state index is 0.00652. The second kappa shape index (κ2) is 6.01. The topological polar surface area (TPSA) is 66.5 Å². The summed E-state index contributed by atoms with van der Waals surface area (Å²) in [4.78, 5) is 12.6. The quantitative estimate of drug-likeness (QED) is 0.919. The van der Waals surface area contributed by atoms with Gasteiger partial charge in [0.1, 0.15) is 6.04 Å². The van der Waals surface area contributed by atoms with Gasteiger partial charge in [0.25, 0.3) is 0 Å². The molecule has 0 radical (unpaired) electrons. The van der Waals surface area contributed by atoms with Crippen molar-refractivity contribution < 1.29 is 13.2 Å². The first-order valence-corrected chi connectivity index (χ1v) is 9.66. The molecule has 0 saturated carbocycles. The third-order valence-corrected chi connectivity index (χ3v) is 5.92. The number of sulfonamides is 1. The largest absolute Gasteiger partial charge is 0.348 e. The van der Waals surface area contributed by atoms with Crippen molar-refractivity contribution in [2.75, 3.05) is 12.8 Å². The fraction of sp³-hybridized carbons (Fsp3) is 0.562. The highest BCUT2D eigenvalue weighted by molar-refractivity contribution is 7.88. The molecule has 1 N–H and O–H groups in total. The van der Waals surface area contributed by atoms with Gasteiger partial charge in [-0.15, -0.1) is 0 Å². The van der Waals surface area contributed by atoms with Crippen molar-refractivity contribution in [1.82, 2.24) is 9.62 Å². The molecular formula is C16H22N2O3S. The van der Waals surface area contributed by atoms with Crippen LogP contribution >= 0.6 is 0 Å². The molecule has 6 heteroatoms. The van der Waals surface area contributed by atoms with Crippen LogP contribution in [-0.4, -0.2) is 37.5 Å². The summed E-state index contributed by atoms with van der Waals surface area (Å²) in [5, 5.41) is 3.06. The number of carbonyl (C=O) groups is 1. The minimum Gasteiger partial charge on any atom is -0.348 e. The zero-order valence-corrected chi connectivity index (χ0v) is 13.6. The summed E-state index contributed by atoms with van der Waals surface area (Å²) < 4.78 is 25.1. The van der Waals surface area contributed by atoms with Crippen LogP contribution < -0.4 is 5.32 Å². The number of piperidine rings is 1. The van der Waals surface area contributed by atoms with E-state index in [-0.39, 0.29) is 11.9 Å². The number of fused-ring (bicyclic) bond motifs is 1. The van der Waals surface area contributed by atoms with E-state index in [1.165, 1.54) is 16.1 Å². The van der Waals surface area contributed by atoms with Crippen LogP contribution in [0.1, 0.15) is 42.9 Å². The Hall–Kier alpha value is -1.40. The average Bonchev–Trinajstić information content (AvgIpc) is 2.90. The highest BCUT2D eigenvalue weighted by atomic mass is 32.2. The van der Waals surface area contributed by atoms with Crippen molar-refractivity contribution in [2.45, 2.75) is 44.2 Å². The molecule has 120 valence electrons. The molecule has 2 unspecified atom stereocenters. The van der Waals surface area contributed by atoms with Crippen LogP contribution in [0, 0.1) is 0 Å². The van der Waals surface area contributed by atoms with Crippen molar-refractivity contribution >= 4 is 15.9 Å². The molecule has 0 spiro atoms. The Kier molecular flexibility index (Phi) is 4.23. The number of hydrogen-bond donors (Lipinski definition) is 1. The van der Waals surface area contributed by atoms with Gasteiger partial charge in [-0.05, 0) is 36.8 Å². The average molecular weight is 322 g/mol. The molecule has 1 aromatic carbocycles. The molecule has 1 aliphatic carbocycles. The molecule has 1 saturated heterocycles. The Labute approximate surface area is 131 Å². The molecule has 22 heavy (non-hydrogen) atoms. The summed E-state index contributed by atoms with van der Waals surface area (Å²) >= 11 is 0. The van der Waals surface area contributed by atoms with Crippen LogP contribution in [0.3, 0.4) is 0 Å². The van der Waals surface area contributed by atoms with Gasteiger partial charge in [-0.25, -0.2) is 8.42 Å². The molecule has 1 amide bonds. The SMILES string of the molecule is CS(=O)(=O)N1CCCCC1C(=O)NC1CCc2ccccc21. The highest BCUT2D eigenvalue weighted by Gasteiger charge is 2.36. The summed E-state index contributed by atoms with van der Waals surface area (Å²) in [5.74, 6) is -0.160. The Morgan fingerprint density at radius 2 is 2.00 bits per heavy atom. The van der Waals surface area contributed by atoms with Gasteiger partial charge in [0, 0.05) is 6.54 Å². The van der Waals surface area contributed by atoms with E-state index in [0.29, 0.717) is 13.0 Å². The van der Waals surface area contributed by atoms with Crippen LogP contribution in [0.25, 0.3) is 0 Å². The number of hydrogen-bond acceptors (Lipinski definition) is 3. The fourth-order valence-electron chi connectivity index (χ4n) is 3.54. The van der Waals surface area contributed by atoms with E-state index in [0.717, 1.165) is 31.2 Å². The Balaban J connectivity index is 1.74. The molecule has 1 fully saturated rings. The molecular weight excluding hydrogens is 300 g/mol. The van der Waals surface area contributed by atoms with Crippen molar-refractivity contribution in [3.8, 4) is 0 Å². The fourth-order valence-corrected chi connectivity index (χ4v) is 4.66. The zero-order chi connectivity index (χ0) is 15.7. The lowest BCUT2D eigenvalue weighted by Gasteiger charge is -2.33. The van der Waals surface area contributed by atoms with Gasteiger partial charge in [0.2, 0.25) is 15.9 Å². The number of benzene rings is 1. The number of nitrogens with one attached hydrogen (secondary N) is 1. The predicted octanol–water partition coefficient (Wildman–Crippen LogP) is 1.60. The first kappa shape index (κ1) is 15.5. The Morgan fingerprint density at radius 3 is 2.77 bits per heavy atom. The summed E-state index contributed by atoms with van der Waals surface area (Å²) in [6.45, 7) is 0.443. The van der Waals surface area contributed by atoms with E-state index in [1.54, 1.807) is 0 Å².